The normalized spacial score (nSPS) is 20.8. The third kappa shape index (κ3) is 7.88. The summed E-state index contributed by atoms with van der Waals surface area (Å²) in [5.74, 6) is 1.22. The molecule has 3 N–H and O–H groups in total. The predicted molar refractivity (Wildman–Crippen MR) is 170 cm³/mol. The summed E-state index contributed by atoms with van der Waals surface area (Å²) in [5, 5.41) is 16.8. The van der Waals surface area contributed by atoms with E-state index in [2.05, 4.69) is 62.9 Å². The highest BCUT2D eigenvalue weighted by atomic mass is 16.5. The van der Waals surface area contributed by atoms with Crippen LogP contribution in [0.4, 0.5) is 11.4 Å². The highest BCUT2D eigenvalue weighted by Gasteiger charge is 2.28. The van der Waals surface area contributed by atoms with Crippen molar-refractivity contribution in [1.82, 2.24) is 10.2 Å². The Balaban J connectivity index is 1.11. The molecule has 8 heteroatoms. The van der Waals surface area contributed by atoms with E-state index in [1.165, 1.54) is 36.0 Å². The lowest BCUT2D eigenvalue weighted by atomic mass is 9.88. The fraction of sp³-hybridized carbons (Fsp3) is 0.457. The number of anilines is 2. The molecule has 0 bridgehead atoms. The van der Waals surface area contributed by atoms with E-state index in [0.717, 1.165) is 69.2 Å². The van der Waals surface area contributed by atoms with Crippen LogP contribution in [-0.2, 0) is 22.4 Å². The smallest absolute Gasteiger partial charge is 0.238 e. The number of nitrogens with zero attached hydrogens (tertiary/aromatic N) is 2. The van der Waals surface area contributed by atoms with Crippen molar-refractivity contribution in [2.75, 3.05) is 62.8 Å². The monoisotopic (exact) mass is 584 g/mol. The number of amides is 1. The summed E-state index contributed by atoms with van der Waals surface area (Å²) >= 11 is 0. The zero-order valence-corrected chi connectivity index (χ0v) is 25.0. The Morgan fingerprint density at radius 2 is 1.81 bits per heavy atom. The number of benzene rings is 3. The number of fused-ring (bicyclic) bond motifs is 1. The van der Waals surface area contributed by atoms with Crippen LogP contribution in [-0.4, -0.2) is 74.5 Å². The van der Waals surface area contributed by atoms with Crippen LogP contribution in [0, 0.1) is 0 Å². The average molecular weight is 585 g/mol. The van der Waals surface area contributed by atoms with Gasteiger partial charge < -0.3 is 30.1 Å². The summed E-state index contributed by atoms with van der Waals surface area (Å²) in [6.45, 7) is 6.01. The minimum absolute atomic E-state index is 0.00249. The molecule has 1 amide bonds. The van der Waals surface area contributed by atoms with Crippen LogP contribution in [0.15, 0.2) is 66.7 Å². The Hall–Kier alpha value is -3.59. The molecule has 0 saturated carbocycles. The Morgan fingerprint density at radius 1 is 1.00 bits per heavy atom. The fourth-order valence-corrected chi connectivity index (χ4v) is 6.56. The maximum atomic E-state index is 12.6. The minimum Gasteiger partial charge on any atom is -0.508 e. The molecular formula is C35H44N4O4. The van der Waals surface area contributed by atoms with Crippen molar-refractivity contribution >= 4 is 17.3 Å². The second kappa shape index (κ2) is 14.3. The molecule has 2 saturated heterocycles. The number of ether oxygens (including phenoxy) is 2. The maximum Gasteiger partial charge on any atom is 0.238 e. The van der Waals surface area contributed by atoms with Gasteiger partial charge in [0.1, 0.15) is 11.5 Å². The van der Waals surface area contributed by atoms with E-state index < -0.39 is 0 Å². The number of phenolic OH excluding ortho intramolecular Hbond substituents is 1. The van der Waals surface area contributed by atoms with Crippen LogP contribution in [0.1, 0.15) is 48.4 Å². The Bertz CT molecular complexity index is 1330. The van der Waals surface area contributed by atoms with E-state index in [1.807, 2.05) is 18.2 Å². The van der Waals surface area contributed by atoms with E-state index in [-0.39, 0.29) is 11.9 Å². The molecule has 0 aromatic heterocycles. The van der Waals surface area contributed by atoms with Crippen LogP contribution in [0.3, 0.4) is 0 Å². The number of morpholine rings is 1. The zero-order chi connectivity index (χ0) is 29.4. The van der Waals surface area contributed by atoms with Crippen molar-refractivity contribution in [2.45, 2.75) is 50.6 Å². The van der Waals surface area contributed by atoms with Crippen molar-refractivity contribution in [1.29, 1.82) is 0 Å². The van der Waals surface area contributed by atoms with Crippen LogP contribution in [0.25, 0.3) is 0 Å². The molecule has 8 nitrogen and oxygen atoms in total. The molecule has 3 aliphatic heterocycles. The SMILES string of the molecule is O=C(CN1CCOCC1)Nc1ccc(N2CCc3cc(O)ccc3C2Cc2ccc(OCCC3CCCCN3)cc2)cc1. The summed E-state index contributed by atoms with van der Waals surface area (Å²) in [5.41, 5.74) is 5.60. The standard InChI is InChI=1S/C35H44N4O4/c40-31-10-13-33-27(24-31)14-17-39(30-8-6-29(7-9-30)37-35(41)25-38-18-21-42-22-19-38)34(33)23-26-4-11-32(12-5-26)43-20-15-28-3-1-2-16-36-28/h4-13,24,28,34,36,40H,1-3,14-23,25H2,(H,37,41). The molecule has 3 aliphatic rings. The second-order valence-corrected chi connectivity index (χ2v) is 12.0. The van der Waals surface area contributed by atoms with Gasteiger partial charge in [0.15, 0.2) is 0 Å². The number of aromatic hydroxyl groups is 1. The van der Waals surface area contributed by atoms with E-state index in [1.54, 1.807) is 6.07 Å². The van der Waals surface area contributed by atoms with Crippen LogP contribution >= 0.6 is 0 Å². The van der Waals surface area contributed by atoms with Gasteiger partial charge in [-0.25, -0.2) is 0 Å². The number of piperidine rings is 1. The number of carbonyl (C=O) groups excluding carboxylic acids is 1. The van der Waals surface area contributed by atoms with E-state index in [9.17, 15) is 9.90 Å². The van der Waals surface area contributed by atoms with Crippen molar-refractivity contribution in [3.8, 4) is 11.5 Å². The maximum absolute atomic E-state index is 12.6. The number of hydrogen-bond donors (Lipinski definition) is 3. The third-order valence-corrected chi connectivity index (χ3v) is 8.94. The van der Waals surface area contributed by atoms with Gasteiger partial charge in [0.05, 0.1) is 32.4 Å². The molecule has 0 aliphatic carbocycles. The topological polar surface area (TPSA) is 86.3 Å². The van der Waals surface area contributed by atoms with Gasteiger partial charge in [-0.15, -0.1) is 0 Å². The summed E-state index contributed by atoms with van der Waals surface area (Å²) in [6.07, 6.45) is 6.57. The summed E-state index contributed by atoms with van der Waals surface area (Å²) < 4.78 is 11.5. The van der Waals surface area contributed by atoms with Gasteiger partial charge in [0.25, 0.3) is 0 Å². The Kier molecular flexibility index (Phi) is 9.77. The van der Waals surface area contributed by atoms with Crippen molar-refractivity contribution in [3.63, 3.8) is 0 Å². The number of nitrogens with one attached hydrogen (secondary N) is 2. The first-order chi connectivity index (χ1) is 21.1. The third-order valence-electron chi connectivity index (χ3n) is 8.94. The van der Waals surface area contributed by atoms with Crippen molar-refractivity contribution in [2.24, 2.45) is 0 Å². The molecule has 228 valence electrons. The molecule has 3 heterocycles. The lowest BCUT2D eigenvalue weighted by Gasteiger charge is -2.39. The predicted octanol–water partition coefficient (Wildman–Crippen LogP) is 4.92. The van der Waals surface area contributed by atoms with Crippen LogP contribution < -0.4 is 20.3 Å². The van der Waals surface area contributed by atoms with E-state index in [4.69, 9.17) is 9.47 Å². The zero-order valence-electron chi connectivity index (χ0n) is 25.0. The van der Waals surface area contributed by atoms with Crippen LogP contribution in [0.5, 0.6) is 11.5 Å². The van der Waals surface area contributed by atoms with E-state index >= 15 is 0 Å². The molecule has 0 radical (unpaired) electrons. The summed E-state index contributed by atoms with van der Waals surface area (Å²) in [6, 6.07) is 23.2. The van der Waals surface area contributed by atoms with Gasteiger partial charge in [-0.05, 0) is 104 Å². The highest BCUT2D eigenvalue weighted by molar-refractivity contribution is 5.92. The number of hydrogen-bond acceptors (Lipinski definition) is 7. The Morgan fingerprint density at radius 3 is 2.58 bits per heavy atom. The average Bonchev–Trinajstić information content (AvgIpc) is 3.03. The quantitative estimate of drug-likeness (QED) is 0.312. The van der Waals surface area contributed by atoms with Gasteiger partial charge in [-0.1, -0.05) is 24.6 Å². The molecule has 3 aromatic carbocycles. The first kappa shape index (κ1) is 29.5. The molecule has 2 fully saturated rings. The van der Waals surface area contributed by atoms with Gasteiger partial charge in [0.2, 0.25) is 5.91 Å². The molecule has 2 unspecified atom stereocenters. The molecule has 2 atom stereocenters. The van der Waals surface area contributed by atoms with Crippen molar-refractivity contribution in [3.05, 3.63) is 83.4 Å². The Labute approximate surface area is 255 Å². The van der Waals surface area contributed by atoms with Gasteiger partial charge in [-0.2, -0.15) is 0 Å². The molecule has 0 spiro atoms. The summed E-state index contributed by atoms with van der Waals surface area (Å²) in [4.78, 5) is 17.2. The van der Waals surface area contributed by atoms with Crippen LogP contribution in [0.2, 0.25) is 0 Å². The summed E-state index contributed by atoms with van der Waals surface area (Å²) in [7, 11) is 0. The largest absolute Gasteiger partial charge is 0.508 e. The minimum atomic E-state index is -0.00249. The number of carbonyl (C=O) groups is 1. The van der Waals surface area contributed by atoms with Gasteiger partial charge >= 0.3 is 0 Å². The molecule has 43 heavy (non-hydrogen) atoms. The second-order valence-electron chi connectivity index (χ2n) is 12.0. The number of rotatable bonds is 10. The van der Waals surface area contributed by atoms with E-state index in [0.29, 0.717) is 31.5 Å². The first-order valence-corrected chi connectivity index (χ1v) is 15.8. The number of phenols is 1. The molecule has 3 aromatic rings. The van der Waals surface area contributed by atoms with Gasteiger partial charge in [-0.3, -0.25) is 9.69 Å². The highest BCUT2D eigenvalue weighted by Crippen LogP contribution is 2.38. The molecular weight excluding hydrogens is 540 g/mol. The van der Waals surface area contributed by atoms with Gasteiger partial charge in [0, 0.05) is 37.1 Å². The van der Waals surface area contributed by atoms with Crippen molar-refractivity contribution < 1.29 is 19.4 Å². The lowest BCUT2D eigenvalue weighted by Crippen LogP contribution is -2.41. The molecule has 6 rings (SSSR count). The lowest BCUT2D eigenvalue weighted by molar-refractivity contribution is -0.118. The first-order valence-electron chi connectivity index (χ1n) is 15.8. The fourth-order valence-electron chi connectivity index (χ4n) is 6.56.